The van der Waals surface area contributed by atoms with Crippen molar-refractivity contribution in [3.63, 3.8) is 0 Å². The highest BCUT2D eigenvalue weighted by Gasteiger charge is 2.52. The Balaban J connectivity index is 1.78. The number of aliphatic hydroxyl groups is 7. The zero-order valence-electron chi connectivity index (χ0n) is 17.8. The molecule has 3 rings (SSSR count). The van der Waals surface area contributed by atoms with Crippen molar-refractivity contribution in [3.05, 3.63) is 23.5 Å². The van der Waals surface area contributed by atoms with Crippen LogP contribution in [-0.4, -0.2) is 124 Å². The lowest BCUT2D eigenvalue weighted by molar-refractivity contribution is -0.342. The van der Waals surface area contributed by atoms with Crippen molar-refractivity contribution in [1.29, 1.82) is 0 Å². The Labute approximate surface area is 189 Å². The Kier molecular flexibility index (Phi) is 8.80. The first-order valence-corrected chi connectivity index (χ1v) is 10.4. The average molecular weight is 478 g/mol. The molecule has 0 spiro atoms. The SMILES string of the molecule is COC(=O)C1=CO[C@@H](O[C@@H]2O[C@H](COC(CO)CO)[C@@H](O)[C@H](O)[C@H]2O)[C@@H]2C(CO)=C[C@@H](O)[C@H]12. The summed E-state index contributed by atoms with van der Waals surface area (Å²) in [6.07, 6.45) is -8.59. The largest absolute Gasteiger partial charge is 0.471 e. The van der Waals surface area contributed by atoms with E-state index in [2.05, 4.69) is 0 Å². The molecule has 0 amide bonds. The highest BCUT2D eigenvalue weighted by molar-refractivity contribution is 5.89. The normalized spacial score (nSPS) is 38.4. The maximum atomic E-state index is 12.1. The summed E-state index contributed by atoms with van der Waals surface area (Å²) < 4.78 is 26.8. The highest BCUT2D eigenvalue weighted by atomic mass is 16.8. The summed E-state index contributed by atoms with van der Waals surface area (Å²) >= 11 is 0. The van der Waals surface area contributed by atoms with E-state index in [1.165, 1.54) is 13.2 Å². The third kappa shape index (κ3) is 5.22. The lowest BCUT2D eigenvalue weighted by atomic mass is 9.82. The maximum absolute atomic E-state index is 12.1. The number of hydrogen-bond acceptors (Lipinski definition) is 13. The van der Waals surface area contributed by atoms with E-state index in [4.69, 9.17) is 33.9 Å². The summed E-state index contributed by atoms with van der Waals surface area (Å²) in [6, 6.07) is 0. The molecule has 3 aliphatic rings. The fourth-order valence-electron chi connectivity index (χ4n) is 4.17. The Morgan fingerprint density at radius 1 is 1.03 bits per heavy atom. The number of fused-ring (bicyclic) bond motifs is 1. The predicted molar refractivity (Wildman–Crippen MR) is 105 cm³/mol. The van der Waals surface area contributed by atoms with Gasteiger partial charge in [-0.2, -0.15) is 0 Å². The molecular weight excluding hydrogens is 448 g/mol. The second-order valence-electron chi connectivity index (χ2n) is 7.98. The Morgan fingerprint density at radius 3 is 2.33 bits per heavy atom. The van der Waals surface area contributed by atoms with Crippen molar-refractivity contribution in [2.75, 3.05) is 33.5 Å². The van der Waals surface area contributed by atoms with Crippen LogP contribution >= 0.6 is 0 Å². The Hall–Kier alpha value is -1.65. The number of carbonyl (C=O) groups excluding carboxylic acids is 1. The highest BCUT2D eigenvalue weighted by Crippen LogP contribution is 2.44. The third-order valence-corrected chi connectivity index (χ3v) is 5.99. The van der Waals surface area contributed by atoms with E-state index >= 15 is 0 Å². The number of carbonyl (C=O) groups is 1. The van der Waals surface area contributed by atoms with Crippen LogP contribution < -0.4 is 0 Å². The van der Waals surface area contributed by atoms with Crippen molar-refractivity contribution in [3.8, 4) is 0 Å². The van der Waals surface area contributed by atoms with Gasteiger partial charge >= 0.3 is 5.97 Å². The predicted octanol–water partition coefficient (Wildman–Crippen LogP) is -3.88. The Bertz CT molecular complexity index is 735. The first-order chi connectivity index (χ1) is 15.8. The maximum Gasteiger partial charge on any atom is 0.337 e. The van der Waals surface area contributed by atoms with Crippen molar-refractivity contribution in [2.24, 2.45) is 11.8 Å². The average Bonchev–Trinajstić information content (AvgIpc) is 3.17. The number of aliphatic hydroxyl groups excluding tert-OH is 7. The van der Waals surface area contributed by atoms with Crippen LogP contribution in [0.25, 0.3) is 0 Å². The van der Waals surface area contributed by atoms with Crippen molar-refractivity contribution >= 4 is 5.97 Å². The monoisotopic (exact) mass is 478 g/mol. The molecule has 1 saturated heterocycles. The van der Waals surface area contributed by atoms with Crippen molar-refractivity contribution in [2.45, 2.75) is 49.2 Å². The van der Waals surface area contributed by atoms with E-state index in [0.717, 1.165) is 6.26 Å². The van der Waals surface area contributed by atoms with Crippen LogP contribution in [0.2, 0.25) is 0 Å². The fourth-order valence-corrected chi connectivity index (χ4v) is 4.17. The first-order valence-electron chi connectivity index (χ1n) is 10.4. The number of rotatable bonds is 9. The van der Waals surface area contributed by atoms with Gasteiger partial charge in [0.25, 0.3) is 0 Å². The summed E-state index contributed by atoms with van der Waals surface area (Å²) in [5.74, 6) is -2.43. The van der Waals surface area contributed by atoms with Crippen LogP contribution in [0.3, 0.4) is 0 Å². The van der Waals surface area contributed by atoms with E-state index in [0.29, 0.717) is 5.57 Å². The minimum absolute atomic E-state index is 0.0282. The molecule has 0 aromatic carbocycles. The van der Waals surface area contributed by atoms with Gasteiger partial charge in [0.15, 0.2) is 6.29 Å². The van der Waals surface area contributed by atoms with Gasteiger partial charge in [-0.3, -0.25) is 0 Å². The van der Waals surface area contributed by atoms with Crippen LogP contribution in [0.5, 0.6) is 0 Å². The molecule has 7 N–H and O–H groups in total. The number of methoxy groups -OCH3 is 1. The lowest BCUT2D eigenvalue weighted by Crippen LogP contribution is -2.60. The minimum atomic E-state index is -1.70. The summed E-state index contributed by atoms with van der Waals surface area (Å²) in [5.41, 5.74) is 0.354. The van der Waals surface area contributed by atoms with Gasteiger partial charge < -0.3 is 59.4 Å². The first kappa shape index (κ1) is 26.0. The van der Waals surface area contributed by atoms with Crippen molar-refractivity contribution < 1.29 is 64.2 Å². The smallest absolute Gasteiger partial charge is 0.337 e. The van der Waals surface area contributed by atoms with Gasteiger partial charge in [-0.05, 0) is 5.57 Å². The third-order valence-electron chi connectivity index (χ3n) is 5.99. The summed E-state index contributed by atoms with van der Waals surface area (Å²) in [6.45, 7) is -1.79. The molecular formula is C20H30O13. The molecule has 13 nitrogen and oxygen atoms in total. The van der Waals surface area contributed by atoms with Crippen molar-refractivity contribution in [1.82, 2.24) is 0 Å². The fraction of sp³-hybridized carbons (Fsp3) is 0.750. The molecule has 0 saturated carbocycles. The van der Waals surface area contributed by atoms with Crippen LogP contribution in [0.15, 0.2) is 23.5 Å². The van der Waals surface area contributed by atoms with E-state index in [1.54, 1.807) is 0 Å². The molecule has 2 heterocycles. The molecule has 0 unspecified atom stereocenters. The molecule has 33 heavy (non-hydrogen) atoms. The van der Waals surface area contributed by atoms with Crippen LogP contribution in [-0.2, 0) is 28.5 Å². The van der Waals surface area contributed by atoms with Gasteiger partial charge in [0.1, 0.15) is 30.5 Å². The molecule has 13 heteroatoms. The van der Waals surface area contributed by atoms with E-state index in [-0.39, 0.29) is 12.2 Å². The van der Waals surface area contributed by atoms with Crippen LogP contribution in [0, 0.1) is 11.8 Å². The van der Waals surface area contributed by atoms with E-state index < -0.39 is 86.8 Å². The molecule has 0 aromatic heterocycles. The van der Waals surface area contributed by atoms with Crippen LogP contribution in [0.1, 0.15) is 0 Å². The second-order valence-corrected chi connectivity index (χ2v) is 7.98. The van der Waals surface area contributed by atoms with Gasteiger partial charge in [0.05, 0.1) is 57.4 Å². The summed E-state index contributed by atoms with van der Waals surface area (Å²) in [5, 5.41) is 69.3. The van der Waals surface area contributed by atoms with Gasteiger partial charge in [-0.1, -0.05) is 6.08 Å². The van der Waals surface area contributed by atoms with Crippen LogP contribution in [0.4, 0.5) is 0 Å². The molecule has 0 radical (unpaired) electrons. The van der Waals surface area contributed by atoms with Gasteiger partial charge in [0, 0.05) is 5.92 Å². The zero-order chi connectivity index (χ0) is 24.3. The summed E-state index contributed by atoms with van der Waals surface area (Å²) in [4.78, 5) is 12.1. The second kappa shape index (κ2) is 11.2. The standard InChI is InChI=1S/C20H30O13/c1-29-18(28)10-6-31-19(13-8(3-21)2-11(24)14(10)13)33-20-17(27)16(26)15(25)12(32-20)7-30-9(4-22)5-23/h2,6,9,11-17,19-27H,3-5,7H2,1H3/t11-,12-,13-,14+,15-,16+,17-,19+,20+/m1/s1. The molecule has 0 aromatic rings. The molecule has 0 bridgehead atoms. The van der Waals surface area contributed by atoms with Gasteiger partial charge in [-0.25, -0.2) is 4.79 Å². The quantitative estimate of drug-likeness (QED) is 0.125. The summed E-state index contributed by atoms with van der Waals surface area (Å²) in [7, 11) is 1.17. The zero-order valence-corrected chi connectivity index (χ0v) is 17.8. The number of esters is 1. The Morgan fingerprint density at radius 2 is 1.73 bits per heavy atom. The molecule has 1 aliphatic carbocycles. The number of ether oxygens (including phenoxy) is 5. The molecule has 1 fully saturated rings. The van der Waals surface area contributed by atoms with E-state index in [9.17, 15) is 30.3 Å². The van der Waals surface area contributed by atoms with Gasteiger partial charge in [0.2, 0.25) is 6.29 Å². The minimum Gasteiger partial charge on any atom is -0.471 e. The molecule has 2 aliphatic heterocycles. The molecule has 188 valence electrons. The lowest BCUT2D eigenvalue weighted by Gasteiger charge is -2.43. The topological polar surface area (TPSA) is 205 Å². The molecule has 9 atom stereocenters. The van der Waals surface area contributed by atoms with E-state index in [1.807, 2.05) is 0 Å². The van der Waals surface area contributed by atoms with Gasteiger partial charge in [-0.15, -0.1) is 0 Å². The number of hydrogen-bond donors (Lipinski definition) is 7.